The van der Waals surface area contributed by atoms with Gasteiger partial charge in [0, 0.05) is 12.2 Å². The van der Waals surface area contributed by atoms with Crippen LogP contribution in [0.3, 0.4) is 0 Å². The minimum atomic E-state index is 0.603. The van der Waals surface area contributed by atoms with Crippen molar-refractivity contribution >= 4 is 0 Å². The monoisotopic (exact) mass is 265 g/mol. The Morgan fingerprint density at radius 3 is 2.47 bits per heavy atom. The Hall–Kier alpha value is -0.720. The molecule has 0 radical (unpaired) electrons. The van der Waals surface area contributed by atoms with Crippen molar-refractivity contribution in [3.8, 4) is 0 Å². The summed E-state index contributed by atoms with van der Waals surface area (Å²) >= 11 is 0. The standard InChI is InChI=1S/C18H35N/c1-7-9-10-12-17(5)18(6)19-14-16(4)13-15(3)11-8-2/h11,16-17,19H,6-10,12-14H2,1-5H3/b15-11-. The van der Waals surface area contributed by atoms with Crippen LogP contribution in [0.25, 0.3) is 0 Å². The molecule has 0 aliphatic rings. The third-order valence-corrected chi connectivity index (χ3v) is 3.74. The van der Waals surface area contributed by atoms with Crippen molar-refractivity contribution in [3.63, 3.8) is 0 Å². The summed E-state index contributed by atoms with van der Waals surface area (Å²) in [5, 5.41) is 3.53. The molecule has 0 aromatic heterocycles. The van der Waals surface area contributed by atoms with Crippen molar-refractivity contribution in [2.75, 3.05) is 6.54 Å². The van der Waals surface area contributed by atoms with Crippen molar-refractivity contribution in [1.29, 1.82) is 0 Å². The van der Waals surface area contributed by atoms with Crippen LogP contribution < -0.4 is 5.32 Å². The summed E-state index contributed by atoms with van der Waals surface area (Å²) in [5.41, 5.74) is 2.73. The van der Waals surface area contributed by atoms with Gasteiger partial charge in [-0.25, -0.2) is 0 Å². The van der Waals surface area contributed by atoms with E-state index in [-0.39, 0.29) is 0 Å². The molecule has 0 saturated heterocycles. The van der Waals surface area contributed by atoms with E-state index in [1.54, 1.807) is 0 Å². The quantitative estimate of drug-likeness (QED) is 0.374. The average molecular weight is 265 g/mol. The first kappa shape index (κ1) is 18.3. The van der Waals surface area contributed by atoms with E-state index in [1.807, 2.05) is 0 Å². The molecule has 0 aromatic rings. The molecule has 0 bridgehead atoms. The molecule has 0 saturated carbocycles. The molecule has 2 unspecified atom stereocenters. The fourth-order valence-corrected chi connectivity index (χ4v) is 2.41. The second-order valence-corrected chi connectivity index (χ2v) is 6.07. The summed E-state index contributed by atoms with van der Waals surface area (Å²) in [7, 11) is 0. The van der Waals surface area contributed by atoms with Gasteiger partial charge in [0.25, 0.3) is 0 Å². The van der Waals surface area contributed by atoms with Gasteiger partial charge in [-0.1, -0.05) is 65.2 Å². The van der Waals surface area contributed by atoms with Gasteiger partial charge in [0.2, 0.25) is 0 Å². The molecule has 0 heterocycles. The normalized spacial score (nSPS) is 15.1. The van der Waals surface area contributed by atoms with E-state index in [9.17, 15) is 0 Å². The lowest BCUT2D eigenvalue weighted by atomic mass is 9.98. The largest absolute Gasteiger partial charge is 0.388 e. The van der Waals surface area contributed by atoms with E-state index in [1.165, 1.54) is 43.4 Å². The number of hydrogen-bond donors (Lipinski definition) is 1. The highest BCUT2D eigenvalue weighted by Crippen LogP contribution is 2.16. The Morgan fingerprint density at radius 2 is 1.89 bits per heavy atom. The highest BCUT2D eigenvalue weighted by molar-refractivity contribution is 5.00. The van der Waals surface area contributed by atoms with Crippen LogP contribution in [0.2, 0.25) is 0 Å². The van der Waals surface area contributed by atoms with Crippen LogP contribution in [0.1, 0.15) is 73.1 Å². The van der Waals surface area contributed by atoms with Gasteiger partial charge in [0.05, 0.1) is 0 Å². The molecule has 0 fully saturated rings. The first-order valence-corrected chi connectivity index (χ1v) is 8.09. The molecule has 0 aliphatic heterocycles. The molecule has 112 valence electrons. The lowest BCUT2D eigenvalue weighted by Crippen LogP contribution is -2.23. The fourth-order valence-electron chi connectivity index (χ4n) is 2.41. The van der Waals surface area contributed by atoms with Gasteiger partial charge in [-0.05, 0) is 38.0 Å². The van der Waals surface area contributed by atoms with Crippen LogP contribution in [-0.2, 0) is 0 Å². The smallest absolute Gasteiger partial charge is 0.0172 e. The molecule has 0 rings (SSSR count). The molecule has 1 heteroatoms. The lowest BCUT2D eigenvalue weighted by molar-refractivity contribution is 0.483. The Balaban J connectivity index is 3.85. The molecule has 1 N–H and O–H groups in total. The van der Waals surface area contributed by atoms with Gasteiger partial charge in [0.1, 0.15) is 0 Å². The Bertz CT molecular complexity index is 265. The summed E-state index contributed by atoms with van der Waals surface area (Å²) in [6.45, 7) is 16.5. The lowest BCUT2D eigenvalue weighted by Gasteiger charge is -2.20. The second-order valence-electron chi connectivity index (χ2n) is 6.07. The minimum Gasteiger partial charge on any atom is -0.388 e. The van der Waals surface area contributed by atoms with Gasteiger partial charge >= 0.3 is 0 Å². The second kappa shape index (κ2) is 11.1. The zero-order valence-electron chi connectivity index (χ0n) is 13.9. The van der Waals surface area contributed by atoms with E-state index in [0.29, 0.717) is 11.8 Å². The predicted octanol–water partition coefficient (Wildman–Crippen LogP) is 5.69. The average Bonchev–Trinajstić information content (AvgIpc) is 2.36. The van der Waals surface area contributed by atoms with E-state index in [0.717, 1.165) is 13.0 Å². The summed E-state index contributed by atoms with van der Waals surface area (Å²) < 4.78 is 0. The summed E-state index contributed by atoms with van der Waals surface area (Å²) in [4.78, 5) is 0. The van der Waals surface area contributed by atoms with Crippen LogP contribution in [0.5, 0.6) is 0 Å². The number of nitrogens with one attached hydrogen (secondary N) is 1. The fraction of sp³-hybridized carbons (Fsp3) is 0.778. The van der Waals surface area contributed by atoms with Gasteiger partial charge in [-0.15, -0.1) is 0 Å². The maximum Gasteiger partial charge on any atom is 0.0172 e. The SMILES string of the molecule is C=C(NCC(C)C/C(C)=C\CC)C(C)CCCCC. The molecular weight excluding hydrogens is 230 g/mol. The highest BCUT2D eigenvalue weighted by atomic mass is 14.9. The minimum absolute atomic E-state index is 0.603. The molecule has 0 aromatic carbocycles. The first-order valence-electron chi connectivity index (χ1n) is 8.09. The van der Waals surface area contributed by atoms with Crippen molar-refractivity contribution in [2.45, 2.75) is 73.1 Å². The van der Waals surface area contributed by atoms with Crippen LogP contribution >= 0.6 is 0 Å². The first-order chi connectivity index (χ1) is 9.01. The topological polar surface area (TPSA) is 12.0 Å². The van der Waals surface area contributed by atoms with Crippen molar-refractivity contribution < 1.29 is 0 Å². The third kappa shape index (κ3) is 9.81. The van der Waals surface area contributed by atoms with Crippen LogP contribution in [0.15, 0.2) is 23.9 Å². The van der Waals surface area contributed by atoms with Crippen molar-refractivity contribution in [1.82, 2.24) is 5.32 Å². The molecule has 0 amide bonds. The molecule has 0 spiro atoms. The number of unbranched alkanes of at least 4 members (excludes halogenated alkanes) is 2. The van der Waals surface area contributed by atoms with Gasteiger partial charge in [0.15, 0.2) is 0 Å². The molecule has 0 aliphatic carbocycles. The summed E-state index contributed by atoms with van der Waals surface area (Å²) in [5.74, 6) is 1.29. The van der Waals surface area contributed by atoms with E-state index in [2.05, 4.69) is 52.6 Å². The van der Waals surface area contributed by atoms with E-state index >= 15 is 0 Å². The van der Waals surface area contributed by atoms with E-state index < -0.39 is 0 Å². The van der Waals surface area contributed by atoms with Gasteiger partial charge in [-0.3, -0.25) is 0 Å². The van der Waals surface area contributed by atoms with Crippen LogP contribution in [0.4, 0.5) is 0 Å². The van der Waals surface area contributed by atoms with Gasteiger partial charge < -0.3 is 5.32 Å². The maximum atomic E-state index is 4.20. The molecule has 1 nitrogen and oxygen atoms in total. The van der Waals surface area contributed by atoms with Crippen molar-refractivity contribution in [3.05, 3.63) is 23.9 Å². The summed E-state index contributed by atoms with van der Waals surface area (Å²) in [6.07, 6.45) is 9.90. The maximum absolute atomic E-state index is 4.20. The zero-order valence-corrected chi connectivity index (χ0v) is 13.9. The number of rotatable bonds is 11. The molecule has 19 heavy (non-hydrogen) atoms. The Labute approximate surface area is 121 Å². The molecule has 2 atom stereocenters. The molecular formula is C18H35N. The number of allylic oxidation sites excluding steroid dienone is 3. The van der Waals surface area contributed by atoms with Crippen LogP contribution in [0, 0.1) is 11.8 Å². The third-order valence-electron chi connectivity index (χ3n) is 3.74. The predicted molar refractivity (Wildman–Crippen MR) is 88.3 cm³/mol. The Morgan fingerprint density at radius 1 is 1.21 bits per heavy atom. The summed E-state index contributed by atoms with van der Waals surface area (Å²) in [6, 6.07) is 0. The zero-order chi connectivity index (χ0) is 14.7. The Kier molecular flexibility index (Phi) is 10.7. The van der Waals surface area contributed by atoms with E-state index in [4.69, 9.17) is 0 Å². The van der Waals surface area contributed by atoms with Gasteiger partial charge in [-0.2, -0.15) is 0 Å². The highest BCUT2D eigenvalue weighted by Gasteiger charge is 2.08. The van der Waals surface area contributed by atoms with Crippen molar-refractivity contribution in [2.24, 2.45) is 11.8 Å². The van der Waals surface area contributed by atoms with Crippen LogP contribution in [-0.4, -0.2) is 6.54 Å². The number of hydrogen-bond acceptors (Lipinski definition) is 1.